The van der Waals surface area contributed by atoms with Crippen LogP contribution in [0.5, 0.6) is 0 Å². The number of carbonyl (C=O) groups is 1. The summed E-state index contributed by atoms with van der Waals surface area (Å²) in [6.45, 7) is 5.30. The van der Waals surface area contributed by atoms with Gasteiger partial charge < -0.3 is 5.32 Å². The SMILES string of the molecule is C[C@H](NC(=O)C(C)(C)CCl)c1nc2cc(Cl)ccc2c(=O)n1C. The van der Waals surface area contributed by atoms with E-state index >= 15 is 0 Å². The van der Waals surface area contributed by atoms with Crippen molar-refractivity contribution in [3.05, 3.63) is 39.4 Å². The topological polar surface area (TPSA) is 64.0 Å². The van der Waals surface area contributed by atoms with Gasteiger partial charge in [-0.25, -0.2) is 4.98 Å². The Morgan fingerprint density at radius 2 is 2.09 bits per heavy atom. The summed E-state index contributed by atoms with van der Waals surface area (Å²) >= 11 is 11.8. The monoisotopic (exact) mass is 355 g/mol. The Bertz CT molecular complexity index is 815. The van der Waals surface area contributed by atoms with Crippen molar-refractivity contribution >= 4 is 40.0 Å². The van der Waals surface area contributed by atoms with Crippen molar-refractivity contribution in [1.82, 2.24) is 14.9 Å². The highest BCUT2D eigenvalue weighted by atomic mass is 35.5. The summed E-state index contributed by atoms with van der Waals surface area (Å²) in [5.41, 5.74) is -0.373. The van der Waals surface area contributed by atoms with Crippen LogP contribution in [0.3, 0.4) is 0 Å². The van der Waals surface area contributed by atoms with Crippen molar-refractivity contribution in [2.24, 2.45) is 12.5 Å². The summed E-state index contributed by atoms with van der Waals surface area (Å²) < 4.78 is 1.44. The van der Waals surface area contributed by atoms with Crippen molar-refractivity contribution in [2.45, 2.75) is 26.8 Å². The van der Waals surface area contributed by atoms with Gasteiger partial charge in [0.15, 0.2) is 0 Å². The minimum Gasteiger partial charge on any atom is -0.346 e. The molecule has 124 valence electrons. The molecule has 1 N–H and O–H groups in total. The second kappa shape index (κ2) is 6.49. The van der Waals surface area contributed by atoms with E-state index in [1.54, 1.807) is 46.0 Å². The van der Waals surface area contributed by atoms with Crippen LogP contribution in [-0.2, 0) is 11.8 Å². The maximum atomic E-state index is 12.4. The van der Waals surface area contributed by atoms with Crippen LogP contribution in [0, 0.1) is 5.41 Å². The Morgan fingerprint density at radius 3 is 2.70 bits per heavy atom. The molecule has 0 radical (unpaired) electrons. The summed E-state index contributed by atoms with van der Waals surface area (Å²) in [4.78, 5) is 29.2. The van der Waals surface area contributed by atoms with Crippen LogP contribution in [0.15, 0.2) is 23.0 Å². The van der Waals surface area contributed by atoms with E-state index in [1.807, 2.05) is 0 Å². The molecule has 0 unspecified atom stereocenters. The van der Waals surface area contributed by atoms with Crippen LogP contribution in [-0.4, -0.2) is 21.3 Å². The van der Waals surface area contributed by atoms with Gasteiger partial charge in [0.05, 0.1) is 22.4 Å². The summed E-state index contributed by atoms with van der Waals surface area (Å²) in [6.07, 6.45) is 0. The number of halogens is 2. The third-order valence-corrected chi connectivity index (χ3v) is 4.66. The van der Waals surface area contributed by atoms with E-state index in [4.69, 9.17) is 23.2 Å². The van der Waals surface area contributed by atoms with E-state index in [0.717, 1.165) is 0 Å². The van der Waals surface area contributed by atoms with Crippen molar-refractivity contribution in [1.29, 1.82) is 0 Å². The smallest absolute Gasteiger partial charge is 0.261 e. The number of fused-ring (bicyclic) bond motifs is 1. The largest absolute Gasteiger partial charge is 0.346 e. The van der Waals surface area contributed by atoms with Crippen LogP contribution < -0.4 is 10.9 Å². The molecule has 0 bridgehead atoms. The Balaban J connectivity index is 2.45. The number of hydrogen-bond acceptors (Lipinski definition) is 3. The number of carbonyl (C=O) groups excluding carboxylic acids is 1. The fraction of sp³-hybridized carbons (Fsp3) is 0.438. The number of alkyl halides is 1. The molecular formula is C16H19Cl2N3O2. The van der Waals surface area contributed by atoms with Crippen molar-refractivity contribution < 1.29 is 4.79 Å². The molecule has 1 aromatic carbocycles. The molecule has 0 aliphatic heterocycles. The van der Waals surface area contributed by atoms with Crippen molar-refractivity contribution in [3.8, 4) is 0 Å². The quantitative estimate of drug-likeness (QED) is 0.857. The van der Waals surface area contributed by atoms with Crippen LogP contribution in [0.2, 0.25) is 5.02 Å². The first-order valence-electron chi connectivity index (χ1n) is 7.20. The van der Waals surface area contributed by atoms with Crippen LogP contribution in [0.25, 0.3) is 10.9 Å². The van der Waals surface area contributed by atoms with Gasteiger partial charge in [-0.3, -0.25) is 14.2 Å². The Morgan fingerprint density at radius 1 is 1.43 bits per heavy atom. The predicted octanol–water partition coefficient (Wildman–Crippen LogP) is 3.03. The lowest BCUT2D eigenvalue weighted by Crippen LogP contribution is -2.41. The second-order valence-electron chi connectivity index (χ2n) is 6.21. The minimum absolute atomic E-state index is 0.181. The van der Waals surface area contributed by atoms with E-state index in [0.29, 0.717) is 21.7 Å². The van der Waals surface area contributed by atoms with Crippen LogP contribution >= 0.6 is 23.2 Å². The highest BCUT2D eigenvalue weighted by Gasteiger charge is 2.28. The first-order chi connectivity index (χ1) is 10.7. The Labute approximate surface area is 144 Å². The van der Waals surface area contributed by atoms with Gasteiger partial charge in [-0.1, -0.05) is 11.6 Å². The fourth-order valence-corrected chi connectivity index (χ4v) is 2.45. The van der Waals surface area contributed by atoms with E-state index in [1.165, 1.54) is 4.57 Å². The van der Waals surface area contributed by atoms with E-state index in [9.17, 15) is 9.59 Å². The number of aromatic nitrogens is 2. The molecule has 0 saturated carbocycles. The van der Waals surface area contributed by atoms with Gasteiger partial charge >= 0.3 is 0 Å². The molecule has 1 heterocycles. The van der Waals surface area contributed by atoms with Crippen molar-refractivity contribution in [2.75, 3.05) is 5.88 Å². The maximum absolute atomic E-state index is 12.4. The molecule has 7 heteroatoms. The molecule has 1 aromatic heterocycles. The van der Waals surface area contributed by atoms with Gasteiger partial charge in [-0.2, -0.15) is 0 Å². The lowest BCUT2D eigenvalue weighted by molar-refractivity contribution is -0.129. The zero-order valence-corrected chi connectivity index (χ0v) is 15.0. The molecule has 0 spiro atoms. The highest BCUT2D eigenvalue weighted by molar-refractivity contribution is 6.31. The number of benzene rings is 1. The Kier molecular flexibility index (Phi) is 5.01. The van der Waals surface area contributed by atoms with Gasteiger partial charge in [-0.15, -0.1) is 11.6 Å². The molecular weight excluding hydrogens is 337 g/mol. The fourth-order valence-electron chi connectivity index (χ4n) is 2.17. The number of nitrogens with zero attached hydrogens (tertiary/aromatic N) is 2. The van der Waals surface area contributed by atoms with Gasteiger partial charge in [-0.05, 0) is 39.0 Å². The van der Waals surface area contributed by atoms with E-state index in [-0.39, 0.29) is 17.3 Å². The van der Waals surface area contributed by atoms with Gasteiger partial charge in [0, 0.05) is 18.0 Å². The molecule has 1 atom stereocenters. The Hall–Kier alpha value is -1.59. The maximum Gasteiger partial charge on any atom is 0.261 e. The molecule has 0 saturated heterocycles. The number of nitrogens with one attached hydrogen (secondary N) is 1. The zero-order chi connectivity index (χ0) is 17.4. The van der Waals surface area contributed by atoms with Crippen LogP contribution in [0.1, 0.15) is 32.6 Å². The molecule has 2 aromatic rings. The molecule has 0 aliphatic carbocycles. The number of rotatable bonds is 4. The lowest BCUT2D eigenvalue weighted by Gasteiger charge is -2.24. The van der Waals surface area contributed by atoms with Gasteiger partial charge in [0.1, 0.15) is 5.82 Å². The normalized spacial score (nSPS) is 13.1. The summed E-state index contributed by atoms with van der Waals surface area (Å²) in [6, 6.07) is 4.50. The third-order valence-electron chi connectivity index (χ3n) is 3.76. The third kappa shape index (κ3) is 3.51. The molecule has 0 aliphatic rings. The first-order valence-corrected chi connectivity index (χ1v) is 8.11. The predicted molar refractivity (Wildman–Crippen MR) is 93.1 cm³/mol. The highest BCUT2D eigenvalue weighted by Crippen LogP contribution is 2.21. The van der Waals surface area contributed by atoms with Gasteiger partial charge in [0.25, 0.3) is 5.56 Å². The zero-order valence-electron chi connectivity index (χ0n) is 13.5. The standard InChI is InChI=1S/C16H19Cl2N3O2/c1-9(19-15(23)16(2,3)8-17)13-20-12-7-10(18)5-6-11(12)14(22)21(13)4/h5-7,9H,8H2,1-4H3,(H,19,23)/t9-/m0/s1. The first kappa shape index (κ1) is 17.8. The van der Waals surface area contributed by atoms with Crippen molar-refractivity contribution in [3.63, 3.8) is 0 Å². The van der Waals surface area contributed by atoms with E-state index in [2.05, 4.69) is 10.3 Å². The average molecular weight is 356 g/mol. The summed E-state index contributed by atoms with van der Waals surface area (Å²) in [5, 5.41) is 3.85. The number of amides is 1. The molecule has 0 fully saturated rings. The average Bonchev–Trinajstić information content (AvgIpc) is 2.50. The lowest BCUT2D eigenvalue weighted by atomic mass is 9.95. The molecule has 23 heavy (non-hydrogen) atoms. The number of hydrogen-bond donors (Lipinski definition) is 1. The summed E-state index contributed by atoms with van der Waals surface area (Å²) in [5.74, 6) is 0.467. The van der Waals surface area contributed by atoms with Gasteiger partial charge in [0.2, 0.25) is 5.91 Å². The molecule has 2 rings (SSSR count). The van der Waals surface area contributed by atoms with Crippen LogP contribution in [0.4, 0.5) is 0 Å². The molecule has 5 nitrogen and oxygen atoms in total. The molecule has 1 amide bonds. The van der Waals surface area contributed by atoms with E-state index < -0.39 is 11.5 Å². The minimum atomic E-state index is -0.700. The summed E-state index contributed by atoms with van der Waals surface area (Å²) in [7, 11) is 1.63. The second-order valence-corrected chi connectivity index (χ2v) is 6.91.